The van der Waals surface area contributed by atoms with Gasteiger partial charge in [0.25, 0.3) is 0 Å². The van der Waals surface area contributed by atoms with Crippen molar-refractivity contribution in [3.8, 4) is 0 Å². The number of aromatic nitrogens is 2. The van der Waals surface area contributed by atoms with Crippen LogP contribution < -0.4 is 15.1 Å². The van der Waals surface area contributed by atoms with Crippen LogP contribution in [0, 0.1) is 25.5 Å². The fraction of sp³-hybridized carbons (Fsp3) is 0.472. The van der Waals surface area contributed by atoms with Crippen LogP contribution in [-0.4, -0.2) is 43.9 Å². The van der Waals surface area contributed by atoms with Gasteiger partial charge in [-0.3, -0.25) is 0 Å². The van der Waals surface area contributed by atoms with Crippen molar-refractivity contribution in [3.05, 3.63) is 94.4 Å². The zero-order chi connectivity index (χ0) is 31.9. The van der Waals surface area contributed by atoms with Gasteiger partial charge in [-0.2, -0.15) is 0 Å². The first-order chi connectivity index (χ1) is 21.6. The van der Waals surface area contributed by atoms with E-state index in [4.69, 9.17) is 0 Å². The standard InChI is InChI=1S/C36H46F3N5Si/c1-6-36(24(3)28(37)22-32-25(4)41-35(42-32)31-8-7-15-40-31)14-13-33(26-11-9-23(2)10-12-26)44(36)27-20-29(38)34(30(39)21-27)43-16-18-45(5)19-17-43/h9-12,20-22,31,33,40,45H,3,6-8,13-19H2,1-2,4-5H3,(H,41,42)/b28-22+/t31-,33+,36+/m0/s1. The van der Waals surface area contributed by atoms with Crippen molar-refractivity contribution in [2.75, 3.05) is 29.4 Å². The third-order valence-corrected chi connectivity index (χ3v) is 13.0. The molecule has 6 rings (SSSR count). The highest BCUT2D eigenvalue weighted by Gasteiger charge is 2.49. The lowest BCUT2D eigenvalue weighted by Crippen LogP contribution is -2.46. The number of nitrogens with zero attached hydrogens (tertiary/aromatic N) is 3. The minimum absolute atomic E-state index is 0.0556. The third-order valence-electron chi connectivity index (χ3n) is 10.5. The molecular weight excluding hydrogens is 588 g/mol. The fourth-order valence-corrected chi connectivity index (χ4v) is 9.49. The molecule has 5 nitrogen and oxygen atoms in total. The molecule has 0 saturated carbocycles. The van der Waals surface area contributed by atoms with E-state index < -0.39 is 31.8 Å². The Morgan fingerprint density at radius 3 is 2.42 bits per heavy atom. The van der Waals surface area contributed by atoms with E-state index in [1.54, 1.807) is 0 Å². The predicted octanol–water partition coefficient (Wildman–Crippen LogP) is 8.46. The van der Waals surface area contributed by atoms with E-state index in [0.717, 1.165) is 54.1 Å². The molecule has 2 N–H and O–H groups in total. The highest BCUT2D eigenvalue weighted by molar-refractivity contribution is 6.57. The summed E-state index contributed by atoms with van der Waals surface area (Å²) in [6, 6.07) is 13.2. The van der Waals surface area contributed by atoms with Gasteiger partial charge < -0.3 is 20.1 Å². The summed E-state index contributed by atoms with van der Waals surface area (Å²) >= 11 is 0. The first kappa shape index (κ1) is 31.7. The molecule has 0 amide bonds. The van der Waals surface area contributed by atoms with Gasteiger partial charge in [0.1, 0.15) is 17.3 Å². The summed E-state index contributed by atoms with van der Waals surface area (Å²) < 4.78 is 48.4. The minimum atomic E-state index is -0.882. The van der Waals surface area contributed by atoms with Crippen molar-refractivity contribution < 1.29 is 13.2 Å². The van der Waals surface area contributed by atoms with Crippen LogP contribution >= 0.6 is 0 Å². The Labute approximate surface area is 267 Å². The first-order valence-corrected chi connectivity index (χ1v) is 19.4. The number of H-pyrrole nitrogens is 1. The van der Waals surface area contributed by atoms with Gasteiger partial charge in [0.05, 0.1) is 29.0 Å². The van der Waals surface area contributed by atoms with E-state index in [1.165, 1.54) is 18.2 Å². The Morgan fingerprint density at radius 2 is 1.80 bits per heavy atom. The topological polar surface area (TPSA) is 47.2 Å². The van der Waals surface area contributed by atoms with Crippen molar-refractivity contribution in [2.45, 2.75) is 89.1 Å². The van der Waals surface area contributed by atoms with Gasteiger partial charge in [-0.1, -0.05) is 49.9 Å². The average Bonchev–Trinajstić information content (AvgIpc) is 3.77. The van der Waals surface area contributed by atoms with Crippen LogP contribution in [0.5, 0.6) is 0 Å². The normalized spacial score (nSPS) is 24.6. The van der Waals surface area contributed by atoms with Crippen LogP contribution in [0.2, 0.25) is 18.6 Å². The van der Waals surface area contributed by atoms with Crippen LogP contribution in [0.15, 0.2) is 54.4 Å². The Hall–Kier alpha value is -3.30. The molecule has 0 unspecified atom stereocenters. The number of anilines is 2. The molecular formula is C36H46F3N5Si. The van der Waals surface area contributed by atoms with Gasteiger partial charge in [0, 0.05) is 33.1 Å². The maximum absolute atomic E-state index is 16.4. The molecule has 3 atom stereocenters. The first-order valence-electron chi connectivity index (χ1n) is 16.6. The Kier molecular flexibility index (Phi) is 9.03. The number of halogens is 3. The SMILES string of the molecule is C=C(/C(F)=C\c1[nH]c([C@@H]2CCCN2)nc1C)[C@@]1(CC)CC[C@H](c2ccc(C)cc2)N1c1cc(F)c(N2CC[SiH](C)CC2)c(F)c1. The number of hydrogen-bond donors (Lipinski definition) is 2. The molecule has 3 aliphatic heterocycles. The summed E-state index contributed by atoms with van der Waals surface area (Å²) in [6.45, 7) is 14.9. The second kappa shape index (κ2) is 12.8. The number of rotatable bonds is 8. The predicted molar refractivity (Wildman–Crippen MR) is 181 cm³/mol. The molecule has 3 aliphatic rings. The highest BCUT2D eigenvalue weighted by Crippen LogP contribution is 2.52. The van der Waals surface area contributed by atoms with E-state index in [0.29, 0.717) is 49.3 Å². The summed E-state index contributed by atoms with van der Waals surface area (Å²) in [6.07, 6.45) is 5.38. The molecule has 45 heavy (non-hydrogen) atoms. The van der Waals surface area contributed by atoms with Gasteiger partial charge in [0.2, 0.25) is 0 Å². The maximum atomic E-state index is 16.4. The van der Waals surface area contributed by atoms with E-state index in [-0.39, 0.29) is 17.8 Å². The van der Waals surface area contributed by atoms with Crippen LogP contribution in [-0.2, 0) is 0 Å². The molecule has 0 bridgehead atoms. The monoisotopic (exact) mass is 633 g/mol. The quantitative estimate of drug-likeness (QED) is 0.193. The molecule has 0 aliphatic carbocycles. The number of hydrogen-bond acceptors (Lipinski definition) is 4. The van der Waals surface area contributed by atoms with Gasteiger partial charge >= 0.3 is 0 Å². The van der Waals surface area contributed by atoms with E-state index >= 15 is 13.2 Å². The second-order valence-electron chi connectivity index (χ2n) is 13.4. The van der Waals surface area contributed by atoms with Crippen molar-refractivity contribution in [3.63, 3.8) is 0 Å². The van der Waals surface area contributed by atoms with Gasteiger partial charge in [-0.05, 0) is 88.4 Å². The lowest BCUT2D eigenvalue weighted by Gasteiger charge is -2.44. The van der Waals surface area contributed by atoms with E-state index in [2.05, 4.69) is 52.7 Å². The molecule has 3 fully saturated rings. The van der Waals surface area contributed by atoms with Crippen molar-refractivity contribution >= 4 is 26.2 Å². The molecule has 4 heterocycles. The van der Waals surface area contributed by atoms with Gasteiger partial charge in [0.15, 0.2) is 11.6 Å². The van der Waals surface area contributed by atoms with Gasteiger partial charge in [-0.25, -0.2) is 18.2 Å². The van der Waals surface area contributed by atoms with Crippen molar-refractivity contribution in [1.82, 2.24) is 15.3 Å². The Balaban J connectivity index is 1.39. The lowest BCUT2D eigenvalue weighted by atomic mass is 9.83. The fourth-order valence-electron chi connectivity index (χ4n) is 7.69. The Bertz CT molecular complexity index is 1550. The Morgan fingerprint density at radius 1 is 1.11 bits per heavy atom. The van der Waals surface area contributed by atoms with Crippen LogP contribution in [0.1, 0.15) is 79.5 Å². The van der Waals surface area contributed by atoms with Crippen molar-refractivity contribution in [2.24, 2.45) is 0 Å². The summed E-state index contributed by atoms with van der Waals surface area (Å²) in [7, 11) is -0.795. The number of nitrogens with one attached hydrogen (secondary N) is 2. The van der Waals surface area contributed by atoms with Gasteiger partial charge in [-0.15, -0.1) is 0 Å². The molecule has 3 saturated heterocycles. The molecule has 3 aromatic rings. The molecule has 2 aromatic carbocycles. The molecule has 9 heteroatoms. The summed E-state index contributed by atoms with van der Waals surface area (Å²) in [5.74, 6) is -0.765. The van der Waals surface area contributed by atoms with E-state index in [1.807, 2.05) is 30.6 Å². The summed E-state index contributed by atoms with van der Waals surface area (Å²) in [5, 5.41) is 3.44. The smallest absolute Gasteiger partial charge is 0.151 e. The number of imidazole rings is 1. The van der Waals surface area contributed by atoms with E-state index in [9.17, 15) is 0 Å². The van der Waals surface area contributed by atoms with Crippen molar-refractivity contribution in [1.29, 1.82) is 0 Å². The number of aryl methyl sites for hydroxylation is 2. The lowest BCUT2D eigenvalue weighted by molar-refractivity contribution is 0.452. The number of aromatic amines is 1. The molecule has 0 radical (unpaired) electrons. The highest BCUT2D eigenvalue weighted by atomic mass is 28.3. The molecule has 1 aromatic heterocycles. The zero-order valence-electron chi connectivity index (χ0n) is 27.0. The molecule has 0 spiro atoms. The zero-order valence-corrected chi connectivity index (χ0v) is 28.2. The van der Waals surface area contributed by atoms with Crippen LogP contribution in [0.4, 0.5) is 24.5 Å². The third kappa shape index (κ3) is 6.01. The minimum Gasteiger partial charge on any atom is -0.367 e. The summed E-state index contributed by atoms with van der Waals surface area (Å²) in [4.78, 5) is 11.9. The maximum Gasteiger partial charge on any atom is 0.151 e. The largest absolute Gasteiger partial charge is 0.367 e. The molecule has 240 valence electrons. The van der Waals surface area contributed by atoms with Crippen LogP contribution in [0.25, 0.3) is 6.08 Å². The second-order valence-corrected chi connectivity index (χ2v) is 16.8. The van der Waals surface area contributed by atoms with Crippen LogP contribution in [0.3, 0.4) is 0 Å². The average molecular weight is 634 g/mol. The summed E-state index contributed by atoms with van der Waals surface area (Å²) in [5.41, 5.74) is 3.41. The number of benzene rings is 2.